The Labute approximate surface area is 126 Å². The molecule has 110 valence electrons. The molecule has 0 N–H and O–H groups in total. The molecule has 1 aromatic carbocycles. The van der Waals surface area contributed by atoms with E-state index in [0.29, 0.717) is 29.6 Å². The van der Waals surface area contributed by atoms with Crippen molar-refractivity contribution in [1.82, 2.24) is 4.90 Å². The van der Waals surface area contributed by atoms with Crippen LogP contribution < -0.4 is 9.47 Å². The number of rotatable bonds is 2. The predicted octanol–water partition coefficient (Wildman–Crippen LogP) is 2.90. The Hall–Kier alpha value is -1.95. The number of thioether (sulfide) groups is 1. The molecule has 0 radical (unpaired) electrons. The van der Waals surface area contributed by atoms with Crippen LogP contribution in [0.4, 0.5) is 4.79 Å². The van der Waals surface area contributed by atoms with E-state index in [0.717, 1.165) is 17.3 Å². The summed E-state index contributed by atoms with van der Waals surface area (Å²) in [5, 5.41) is -0.223. The van der Waals surface area contributed by atoms with E-state index < -0.39 is 0 Å². The van der Waals surface area contributed by atoms with Crippen LogP contribution in [0.25, 0.3) is 6.08 Å². The van der Waals surface area contributed by atoms with Crippen molar-refractivity contribution in [2.45, 2.75) is 19.9 Å². The number of carbonyl (C=O) groups excluding carboxylic acids is 2. The van der Waals surface area contributed by atoms with Crippen LogP contribution in [0.1, 0.15) is 19.4 Å². The second kappa shape index (κ2) is 5.44. The maximum Gasteiger partial charge on any atom is 0.293 e. The summed E-state index contributed by atoms with van der Waals surface area (Å²) in [6, 6.07) is 5.34. The lowest BCUT2D eigenvalue weighted by molar-refractivity contribution is -0.123. The molecule has 0 aliphatic carbocycles. The van der Waals surface area contributed by atoms with Gasteiger partial charge in [0, 0.05) is 6.04 Å². The summed E-state index contributed by atoms with van der Waals surface area (Å²) in [7, 11) is 0. The molecule has 0 bridgehead atoms. The first-order chi connectivity index (χ1) is 10.1. The van der Waals surface area contributed by atoms with Crippen LogP contribution in [0.2, 0.25) is 0 Å². The van der Waals surface area contributed by atoms with Crippen molar-refractivity contribution in [2.75, 3.05) is 13.2 Å². The molecule has 21 heavy (non-hydrogen) atoms. The van der Waals surface area contributed by atoms with Crippen molar-refractivity contribution in [1.29, 1.82) is 0 Å². The zero-order valence-electron chi connectivity index (χ0n) is 11.8. The second-order valence-corrected chi connectivity index (χ2v) is 6.04. The molecule has 1 fully saturated rings. The third kappa shape index (κ3) is 2.63. The molecule has 2 heterocycles. The van der Waals surface area contributed by atoms with Gasteiger partial charge in [0.15, 0.2) is 11.5 Å². The lowest BCUT2D eigenvalue weighted by atomic mass is 10.1. The van der Waals surface area contributed by atoms with Gasteiger partial charge in [-0.15, -0.1) is 0 Å². The maximum absolute atomic E-state index is 12.2. The van der Waals surface area contributed by atoms with E-state index in [4.69, 9.17) is 9.47 Å². The molecule has 6 heteroatoms. The third-order valence-corrected chi connectivity index (χ3v) is 4.09. The van der Waals surface area contributed by atoms with Gasteiger partial charge in [0.2, 0.25) is 0 Å². The number of ether oxygens (including phenoxy) is 2. The maximum atomic E-state index is 12.2. The van der Waals surface area contributed by atoms with Crippen molar-refractivity contribution in [3.63, 3.8) is 0 Å². The van der Waals surface area contributed by atoms with Crippen molar-refractivity contribution in [2.24, 2.45) is 0 Å². The predicted molar refractivity (Wildman–Crippen MR) is 80.4 cm³/mol. The van der Waals surface area contributed by atoms with Gasteiger partial charge in [-0.05, 0) is 49.4 Å². The van der Waals surface area contributed by atoms with E-state index in [9.17, 15) is 9.59 Å². The summed E-state index contributed by atoms with van der Waals surface area (Å²) < 4.78 is 11.0. The van der Waals surface area contributed by atoms with Crippen LogP contribution in [-0.2, 0) is 4.79 Å². The summed E-state index contributed by atoms with van der Waals surface area (Å²) in [5.41, 5.74) is 0.813. The molecule has 5 nitrogen and oxygen atoms in total. The highest BCUT2D eigenvalue weighted by Crippen LogP contribution is 2.36. The molecule has 1 saturated heterocycles. The zero-order valence-corrected chi connectivity index (χ0v) is 12.6. The number of hydrogen-bond acceptors (Lipinski definition) is 5. The van der Waals surface area contributed by atoms with Gasteiger partial charge in [-0.1, -0.05) is 6.07 Å². The van der Waals surface area contributed by atoms with E-state index in [2.05, 4.69) is 0 Å². The number of amides is 2. The molecule has 1 aromatic rings. The minimum atomic E-state index is -0.241. The van der Waals surface area contributed by atoms with E-state index in [1.54, 1.807) is 6.08 Å². The van der Waals surface area contributed by atoms with E-state index in [1.807, 2.05) is 32.0 Å². The summed E-state index contributed by atoms with van der Waals surface area (Å²) in [5.74, 6) is 1.13. The van der Waals surface area contributed by atoms with Gasteiger partial charge in [-0.2, -0.15) is 0 Å². The van der Waals surface area contributed by atoms with Gasteiger partial charge in [-0.3, -0.25) is 14.5 Å². The minimum Gasteiger partial charge on any atom is -0.486 e. The molecule has 0 saturated carbocycles. The Morgan fingerprint density at radius 2 is 1.90 bits per heavy atom. The monoisotopic (exact) mass is 305 g/mol. The molecule has 0 spiro atoms. The molecular weight excluding hydrogens is 290 g/mol. The van der Waals surface area contributed by atoms with E-state index >= 15 is 0 Å². The Morgan fingerprint density at radius 3 is 2.57 bits per heavy atom. The highest BCUT2D eigenvalue weighted by Gasteiger charge is 2.36. The number of benzene rings is 1. The highest BCUT2D eigenvalue weighted by atomic mass is 32.2. The van der Waals surface area contributed by atoms with E-state index in [1.165, 1.54) is 4.90 Å². The second-order valence-electron chi connectivity index (χ2n) is 5.05. The van der Waals surface area contributed by atoms with Crippen molar-refractivity contribution >= 4 is 29.0 Å². The normalized spacial score (nSPS) is 19.8. The third-order valence-electron chi connectivity index (χ3n) is 3.20. The summed E-state index contributed by atoms with van der Waals surface area (Å²) in [6.07, 6.45) is 1.71. The largest absolute Gasteiger partial charge is 0.486 e. The smallest absolute Gasteiger partial charge is 0.293 e. The summed E-state index contributed by atoms with van der Waals surface area (Å²) >= 11 is 0.969. The van der Waals surface area contributed by atoms with Gasteiger partial charge in [0.1, 0.15) is 13.2 Å². The molecule has 0 atom stereocenters. The molecule has 2 aliphatic heterocycles. The first kappa shape index (κ1) is 14.0. The molecule has 3 rings (SSSR count). The Morgan fingerprint density at radius 1 is 1.19 bits per heavy atom. The number of hydrogen-bond donors (Lipinski definition) is 0. The van der Waals surface area contributed by atoms with Gasteiger partial charge < -0.3 is 9.47 Å². The average Bonchev–Trinajstić information content (AvgIpc) is 2.73. The zero-order chi connectivity index (χ0) is 15.0. The first-order valence-corrected chi connectivity index (χ1v) is 7.54. The van der Waals surface area contributed by atoms with Crippen molar-refractivity contribution in [3.05, 3.63) is 28.7 Å². The van der Waals surface area contributed by atoms with Gasteiger partial charge in [0.05, 0.1) is 4.91 Å². The topological polar surface area (TPSA) is 55.8 Å². The lowest BCUT2D eigenvalue weighted by Gasteiger charge is -2.18. The van der Waals surface area contributed by atoms with Crippen LogP contribution in [0.5, 0.6) is 11.5 Å². The molecule has 2 amide bonds. The molecule has 0 unspecified atom stereocenters. The van der Waals surface area contributed by atoms with Crippen molar-refractivity contribution < 1.29 is 19.1 Å². The Balaban J connectivity index is 1.89. The minimum absolute atomic E-state index is 0.135. The fourth-order valence-corrected chi connectivity index (χ4v) is 3.19. The summed E-state index contributed by atoms with van der Waals surface area (Å²) in [4.78, 5) is 25.8. The molecular formula is C15H15NO4S. The van der Waals surface area contributed by atoms with Crippen LogP contribution in [0.3, 0.4) is 0 Å². The van der Waals surface area contributed by atoms with Crippen LogP contribution in [-0.4, -0.2) is 35.3 Å². The number of fused-ring (bicyclic) bond motifs is 1. The lowest BCUT2D eigenvalue weighted by Crippen LogP contribution is -2.34. The molecule has 0 aromatic heterocycles. The average molecular weight is 305 g/mol. The van der Waals surface area contributed by atoms with Crippen LogP contribution in [0.15, 0.2) is 23.1 Å². The van der Waals surface area contributed by atoms with Crippen LogP contribution in [0, 0.1) is 0 Å². The fourth-order valence-electron chi connectivity index (χ4n) is 2.23. The van der Waals surface area contributed by atoms with Gasteiger partial charge in [-0.25, -0.2) is 0 Å². The van der Waals surface area contributed by atoms with E-state index in [-0.39, 0.29) is 17.2 Å². The Bertz CT molecular complexity index is 639. The fraction of sp³-hybridized carbons (Fsp3) is 0.333. The number of imide groups is 1. The SMILES string of the molecule is CC(C)N1C(=O)SC(=Cc2ccc3c(c2)OCCO3)C1=O. The van der Waals surface area contributed by atoms with Gasteiger partial charge in [0.25, 0.3) is 11.1 Å². The highest BCUT2D eigenvalue weighted by molar-refractivity contribution is 8.18. The molecule has 2 aliphatic rings. The van der Waals surface area contributed by atoms with Crippen molar-refractivity contribution in [3.8, 4) is 11.5 Å². The summed E-state index contributed by atoms with van der Waals surface area (Å²) in [6.45, 7) is 4.70. The van der Waals surface area contributed by atoms with Crippen LogP contribution >= 0.6 is 11.8 Å². The standard InChI is InChI=1S/C15H15NO4S/c1-9(2)16-14(17)13(21-15(16)18)8-10-3-4-11-12(7-10)20-6-5-19-11/h3-4,7-9H,5-6H2,1-2H3. The first-order valence-electron chi connectivity index (χ1n) is 6.73. The van der Waals surface area contributed by atoms with Gasteiger partial charge >= 0.3 is 0 Å². The quantitative estimate of drug-likeness (QED) is 0.786. The number of carbonyl (C=O) groups is 2. The number of nitrogens with zero attached hydrogens (tertiary/aromatic N) is 1. The Kier molecular flexibility index (Phi) is 3.63.